The molecule has 4 aliphatic carbocycles. The van der Waals surface area contributed by atoms with E-state index in [1.165, 1.54) is 0 Å². The number of carbonyl (C=O) groups excluding carboxylic acids is 2. The molecule has 0 spiro atoms. The molecule has 0 radical (unpaired) electrons. The summed E-state index contributed by atoms with van der Waals surface area (Å²) in [5.74, 6) is -6.05. The van der Waals surface area contributed by atoms with Gasteiger partial charge in [-0.2, -0.15) is 0 Å². The summed E-state index contributed by atoms with van der Waals surface area (Å²) in [6.07, 6.45) is -4.86. The minimum atomic E-state index is -2.95. The smallest absolute Gasteiger partial charge is 0.331 e. The van der Waals surface area contributed by atoms with Crippen LogP contribution in [0.1, 0.15) is 71.6 Å². The molecule has 4 saturated carbocycles. The van der Waals surface area contributed by atoms with Crippen LogP contribution in [0.4, 0.5) is 0 Å². The fourth-order valence-electron chi connectivity index (χ4n) is 11.7. The molecule has 7 N–H and O–H groups in total. The van der Waals surface area contributed by atoms with Crippen LogP contribution in [0, 0.1) is 34.5 Å². The molecule has 15 heteroatoms. The number of ether oxygens (including phenoxy) is 6. The van der Waals surface area contributed by atoms with Crippen LogP contribution in [-0.4, -0.2) is 134 Å². The second-order valence-corrected chi connectivity index (χ2v) is 16.6. The van der Waals surface area contributed by atoms with Gasteiger partial charge in [-0.3, -0.25) is 0 Å². The molecule has 15 nitrogen and oxygen atoms in total. The van der Waals surface area contributed by atoms with Crippen LogP contribution in [-0.2, 0) is 38.0 Å². The summed E-state index contributed by atoms with van der Waals surface area (Å²) in [6.45, 7) is 3.25. The van der Waals surface area contributed by atoms with Crippen LogP contribution < -0.4 is 0 Å². The van der Waals surface area contributed by atoms with Crippen LogP contribution in [0.25, 0.3) is 0 Å². The molecule has 0 aromatic heterocycles. The van der Waals surface area contributed by atoms with E-state index in [0.717, 1.165) is 24.7 Å². The van der Waals surface area contributed by atoms with Crippen molar-refractivity contribution in [2.75, 3.05) is 13.2 Å². The Labute approximate surface area is 289 Å². The van der Waals surface area contributed by atoms with Gasteiger partial charge in [0.25, 0.3) is 0 Å². The van der Waals surface area contributed by atoms with Gasteiger partial charge in [-0.25, -0.2) is 4.79 Å². The van der Waals surface area contributed by atoms with Crippen LogP contribution in [0.3, 0.4) is 0 Å². The summed E-state index contributed by atoms with van der Waals surface area (Å²) < 4.78 is 35.2. The quantitative estimate of drug-likeness (QED) is 0.0797. The van der Waals surface area contributed by atoms with Crippen LogP contribution in [0.5, 0.6) is 0 Å². The van der Waals surface area contributed by atoms with E-state index in [-0.39, 0.29) is 49.1 Å². The summed E-state index contributed by atoms with van der Waals surface area (Å²) >= 11 is 0. The standard InChI is InChI=1S/C35H50O15/c1-16-9-25(50-35(44)29(41)28(40)27(39)24(13-36)49-35)34(43)30(46-16)47-22-11-18-3-4-21-20(32(18,15-37)12-23(22)48-34)5-7-31(2)19(6-8-33(21,31)42)17-10-26(38)45-14-17/h10,15-16,18-25,27-30,36,39-44H,3-9,11-14H2,1-2H3. The first kappa shape index (κ1) is 35.4. The van der Waals surface area contributed by atoms with E-state index < -0.39 is 89.9 Å². The van der Waals surface area contributed by atoms with E-state index in [1.807, 2.05) is 0 Å². The number of esters is 1. The topological polar surface area (TPSA) is 231 Å². The molecule has 8 rings (SSSR count). The van der Waals surface area contributed by atoms with Gasteiger partial charge in [0.1, 0.15) is 37.3 Å². The molecule has 4 aliphatic heterocycles. The Morgan fingerprint density at radius 1 is 0.960 bits per heavy atom. The first-order valence-corrected chi connectivity index (χ1v) is 18.1. The van der Waals surface area contributed by atoms with Gasteiger partial charge < -0.3 is 69.0 Å². The van der Waals surface area contributed by atoms with Crippen LogP contribution in [0.2, 0.25) is 0 Å². The zero-order chi connectivity index (χ0) is 35.6. The van der Waals surface area contributed by atoms with Crippen molar-refractivity contribution >= 4 is 12.3 Å². The van der Waals surface area contributed by atoms with Crippen LogP contribution >= 0.6 is 0 Å². The number of carbonyl (C=O) groups is 2. The van der Waals surface area contributed by atoms with Crippen molar-refractivity contribution in [3.63, 3.8) is 0 Å². The maximum absolute atomic E-state index is 13.5. The predicted molar refractivity (Wildman–Crippen MR) is 165 cm³/mol. The maximum atomic E-state index is 13.5. The van der Waals surface area contributed by atoms with Crippen molar-refractivity contribution < 1.29 is 73.8 Å². The van der Waals surface area contributed by atoms with Gasteiger partial charge in [-0.1, -0.05) is 6.92 Å². The van der Waals surface area contributed by atoms with Crippen molar-refractivity contribution in [2.24, 2.45) is 34.5 Å². The summed E-state index contributed by atoms with van der Waals surface area (Å²) in [5.41, 5.74) is -1.49. The molecular weight excluding hydrogens is 660 g/mol. The molecule has 18 unspecified atom stereocenters. The van der Waals surface area contributed by atoms with Gasteiger partial charge >= 0.3 is 11.9 Å². The number of hydrogen-bond acceptors (Lipinski definition) is 15. The Balaban J connectivity index is 1.06. The zero-order valence-corrected chi connectivity index (χ0v) is 28.3. The molecule has 0 aromatic carbocycles. The number of fused-ring (bicyclic) bond motifs is 7. The normalized spacial score (nSPS) is 57.3. The Morgan fingerprint density at radius 3 is 2.44 bits per heavy atom. The number of aliphatic hydroxyl groups excluding tert-OH is 4. The van der Waals surface area contributed by atoms with E-state index >= 15 is 0 Å². The van der Waals surface area contributed by atoms with Crippen molar-refractivity contribution in [3.05, 3.63) is 11.6 Å². The Bertz CT molecular complexity index is 1410. The van der Waals surface area contributed by atoms with E-state index in [0.29, 0.717) is 32.1 Å². The summed E-state index contributed by atoms with van der Waals surface area (Å²) in [6, 6.07) is 0. The van der Waals surface area contributed by atoms with Crippen molar-refractivity contribution in [1.82, 2.24) is 0 Å². The van der Waals surface area contributed by atoms with Crippen molar-refractivity contribution in [3.8, 4) is 0 Å². The number of rotatable bonds is 5. The molecule has 280 valence electrons. The highest BCUT2D eigenvalue weighted by molar-refractivity contribution is 5.85. The second-order valence-electron chi connectivity index (χ2n) is 16.6. The van der Waals surface area contributed by atoms with Gasteiger partial charge in [0.15, 0.2) is 6.10 Å². The SMILES string of the molecule is CC1CC(OC2(O)OC(CO)C(O)C(O)C2O)C2(O)OC3CC4(C=O)C(CCC5C4CCC4(C)C(C6=CC(=O)OC6)CCC54O)CC3OC2O1. The van der Waals surface area contributed by atoms with Crippen molar-refractivity contribution in [2.45, 2.75) is 144 Å². The highest BCUT2D eigenvalue weighted by Crippen LogP contribution is 2.70. The molecule has 7 fully saturated rings. The lowest BCUT2D eigenvalue weighted by atomic mass is 9.42. The lowest BCUT2D eigenvalue weighted by Crippen LogP contribution is -2.74. The van der Waals surface area contributed by atoms with E-state index in [4.69, 9.17) is 28.4 Å². The fraction of sp³-hybridized carbons (Fsp3) is 0.886. The molecule has 4 heterocycles. The van der Waals surface area contributed by atoms with E-state index in [2.05, 4.69) is 6.92 Å². The molecule has 50 heavy (non-hydrogen) atoms. The molecular formula is C35H50O15. The highest BCUT2D eigenvalue weighted by atomic mass is 16.9. The van der Waals surface area contributed by atoms with Gasteiger partial charge in [0, 0.05) is 23.3 Å². The summed E-state index contributed by atoms with van der Waals surface area (Å²) in [4.78, 5) is 25.4. The zero-order valence-electron chi connectivity index (χ0n) is 28.3. The number of aldehydes is 1. The first-order valence-electron chi connectivity index (χ1n) is 18.1. The number of cyclic esters (lactones) is 1. The molecule has 0 aromatic rings. The summed E-state index contributed by atoms with van der Waals surface area (Å²) in [7, 11) is 0. The van der Waals surface area contributed by atoms with Gasteiger partial charge in [-0.15, -0.1) is 0 Å². The molecule has 0 bridgehead atoms. The van der Waals surface area contributed by atoms with Gasteiger partial charge in [0.05, 0.1) is 30.5 Å². The third-order valence-corrected chi connectivity index (χ3v) is 14.3. The average Bonchev–Trinajstić information content (AvgIpc) is 3.63. The Hall–Kier alpha value is -1.60. The minimum Gasteiger partial charge on any atom is -0.458 e. The molecule has 0 amide bonds. The monoisotopic (exact) mass is 710 g/mol. The highest BCUT2D eigenvalue weighted by Gasteiger charge is 2.71. The maximum Gasteiger partial charge on any atom is 0.331 e. The number of aliphatic hydroxyl groups is 7. The minimum absolute atomic E-state index is 0.00550. The van der Waals surface area contributed by atoms with Crippen LogP contribution in [0.15, 0.2) is 11.6 Å². The fourth-order valence-corrected chi connectivity index (χ4v) is 11.7. The number of hydrogen-bond donors (Lipinski definition) is 7. The summed E-state index contributed by atoms with van der Waals surface area (Å²) in [5, 5.41) is 77.0. The first-order chi connectivity index (χ1) is 23.6. The predicted octanol–water partition coefficient (Wildman–Crippen LogP) is -0.855. The average molecular weight is 711 g/mol. The van der Waals surface area contributed by atoms with Gasteiger partial charge in [-0.05, 0) is 87.5 Å². The third-order valence-electron chi connectivity index (χ3n) is 14.3. The largest absolute Gasteiger partial charge is 0.458 e. The Kier molecular flexibility index (Phi) is 8.47. The van der Waals surface area contributed by atoms with E-state index in [9.17, 15) is 45.3 Å². The molecule has 18 atom stereocenters. The lowest BCUT2D eigenvalue weighted by molar-refractivity contribution is -0.511. The van der Waals surface area contributed by atoms with E-state index in [1.54, 1.807) is 13.0 Å². The lowest BCUT2D eigenvalue weighted by Gasteiger charge is -2.65. The van der Waals surface area contributed by atoms with Crippen molar-refractivity contribution in [1.29, 1.82) is 0 Å². The van der Waals surface area contributed by atoms with Gasteiger partial charge in [0.2, 0.25) is 12.1 Å². The third kappa shape index (κ3) is 4.85. The second kappa shape index (κ2) is 12.0. The molecule has 3 saturated heterocycles. The molecule has 8 aliphatic rings. The Morgan fingerprint density at radius 2 is 1.74 bits per heavy atom.